The molecule has 5 nitrogen and oxygen atoms in total. The van der Waals surface area contributed by atoms with Crippen molar-refractivity contribution >= 4 is 5.96 Å². The molecule has 0 spiro atoms. The van der Waals surface area contributed by atoms with Crippen molar-refractivity contribution in [3.63, 3.8) is 0 Å². The van der Waals surface area contributed by atoms with Crippen molar-refractivity contribution in [2.24, 2.45) is 4.99 Å². The van der Waals surface area contributed by atoms with Gasteiger partial charge in [-0.15, -0.1) is 0 Å². The summed E-state index contributed by atoms with van der Waals surface area (Å²) >= 11 is 0. The fourth-order valence-electron chi connectivity index (χ4n) is 2.95. The van der Waals surface area contributed by atoms with E-state index in [-0.39, 0.29) is 0 Å². The third kappa shape index (κ3) is 5.52. The Morgan fingerprint density at radius 1 is 1.22 bits per heavy atom. The number of nitrogens with zero attached hydrogens (tertiary/aromatic N) is 4. The van der Waals surface area contributed by atoms with Crippen LogP contribution in [0.1, 0.15) is 12.5 Å². The Morgan fingerprint density at radius 3 is 2.48 bits per heavy atom. The zero-order valence-electron chi connectivity index (χ0n) is 15.0. The van der Waals surface area contributed by atoms with Crippen LogP contribution in [-0.2, 0) is 6.54 Å². The van der Waals surface area contributed by atoms with Crippen LogP contribution in [0.2, 0.25) is 0 Å². The van der Waals surface area contributed by atoms with Gasteiger partial charge in [0.2, 0.25) is 0 Å². The summed E-state index contributed by atoms with van der Waals surface area (Å²) < 4.78 is 0. The normalized spacial score (nSPS) is 18.7. The molecule has 1 unspecified atom stereocenters. The highest BCUT2D eigenvalue weighted by Gasteiger charge is 2.19. The van der Waals surface area contributed by atoms with Crippen molar-refractivity contribution in [3.05, 3.63) is 35.9 Å². The van der Waals surface area contributed by atoms with Gasteiger partial charge >= 0.3 is 0 Å². The molecular formula is C18H31N5. The Morgan fingerprint density at radius 2 is 1.87 bits per heavy atom. The summed E-state index contributed by atoms with van der Waals surface area (Å²) in [5.41, 5.74) is 1.30. The Hall–Kier alpha value is -1.59. The predicted octanol–water partition coefficient (Wildman–Crippen LogP) is 1.33. The smallest absolute Gasteiger partial charge is 0.193 e. The van der Waals surface area contributed by atoms with Crippen molar-refractivity contribution in [1.29, 1.82) is 0 Å². The first-order chi connectivity index (χ1) is 11.1. The lowest BCUT2D eigenvalue weighted by atomic mass is 10.2. The average Bonchev–Trinajstić information content (AvgIpc) is 2.56. The lowest BCUT2D eigenvalue weighted by Crippen LogP contribution is -2.52. The van der Waals surface area contributed by atoms with Gasteiger partial charge in [-0.3, -0.25) is 9.89 Å². The van der Waals surface area contributed by atoms with Crippen molar-refractivity contribution < 1.29 is 0 Å². The van der Waals surface area contributed by atoms with Gasteiger partial charge in [0, 0.05) is 59.4 Å². The fourth-order valence-corrected chi connectivity index (χ4v) is 2.95. The van der Waals surface area contributed by atoms with Crippen LogP contribution in [0.25, 0.3) is 0 Å². The summed E-state index contributed by atoms with van der Waals surface area (Å²) in [6.45, 7) is 8.71. The van der Waals surface area contributed by atoms with E-state index in [1.807, 2.05) is 13.1 Å². The van der Waals surface area contributed by atoms with Crippen LogP contribution in [0, 0.1) is 0 Å². The molecule has 1 atom stereocenters. The monoisotopic (exact) mass is 317 g/mol. The Bertz CT molecular complexity index is 479. The number of guanidine groups is 1. The topological polar surface area (TPSA) is 34.1 Å². The minimum atomic E-state index is 0.519. The summed E-state index contributed by atoms with van der Waals surface area (Å²) in [6.07, 6.45) is 0. The van der Waals surface area contributed by atoms with E-state index in [0.29, 0.717) is 6.04 Å². The number of nitrogens with one attached hydrogen (secondary N) is 1. The molecule has 1 fully saturated rings. The van der Waals surface area contributed by atoms with E-state index in [1.54, 1.807) is 0 Å². The molecule has 1 saturated heterocycles. The number of benzene rings is 1. The van der Waals surface area contributed by atoms with E-state index in [1.165, 1.54) is 5.56 Å². The number of aliphatic imine (C=N–C) groups is 1. The average molecular weight is 317 g/mol. The second kappa shape index (κ2) is 8.89. The minimum absolute atomic E-state index is 0.519. The first-order valence-electron chi connectivity index (χ1n) is 8.48. The van der Waals surface area contributed by atoms with Gasteiger partial charge in [-0.2, -0.15) is 0 Å². The molecule has 1 heterocycles. The van der Waals surface area contributed by atoms with Gasteiger partial charge in [-0.25, -0.2) is 0 Å². The van der Waals surface area contributed by atoms with Crippen LogP contribution in [0.4, 0.5) is 0 Å². The van der Waals surface area contributed by atoms with Crippen molar-refractivity contribution in [2.45, 2.75) is 19.5 Å². The van der Waals surface area contributed by atoms with Gasteiger partial charge in [0.25, 0.3) is 0 Å². The molecular weight excluding hydrogens is 286 g/mol. The Balaban J connectivity index is 1.80. The third-order valence-electron chi connectivity index (χ3n) is 4.55. The standard InChI is InChI=1S/C18H31N5/c1-16(23-12-10-21(3)11-13-23)14-20-18(19-2)22(4)15-17-8-6-5-7-9-17/h5-9,16H,10-15H2,1-4H3,(H,19,20). The molecule has 0 saturated carbocycles. The number of hydrogen-bond donors (Lipinski definition) is 1. The highest BCUT2D eigenvalue weighted by atomic mass is 15.3. The maximum absolute atomic E-state index is 4.42. The molecule has 0 aliphatic carbocycles. The molecule has 1 aliphatic heterocycles. The largest absolute Gasteiger partial charge is 0.355 e. The molecule has 23 heavy (non-hydrogen) atoms. The van der Waals surface area contributed by atoms with Crippen LogP contribution in [-0.4, -0.2) is 80.6 Å². The molecule has 0 aromatic heterocycles. The maximum atomic E-state index is 4.42. The first kappa shape index (κ1) is 17.8. The van der Waals surface area contributed by atoms with Gasteiger partial charge in [-0.05, 0) is 19.5 Å². The molecule has 1 aliphatic rings. The molecule has 0 radical (unpaired) electrons. The summed E-state index contributed by atoms with van der Waals surface area (Å²) in [4.78, 5) is 11.5. The predicted molar refractivity (Wildman–Crippen MR) is 97.8 cm³/mol. The van der Waals surface area contributed by atoms with E-state index in [4.69, 9.17) is 0 Å². The molecule has 0 bridgehead atoms. The lowest BCUT2D eigenvalue weighted by molar-refractivity contribution is 0.119. The van der Waals surface area contributed by atoms with Crippen LogP contribution in [0.3, 0.4) is 0 Å². The number of hydrogen-bond acceptors (Lipinski definition) is 3. The Labute approximate surface area is 141 Å². The summed E-state index contributed by atoms with van der Waals surface area (Å²) in [5.74, 6) is 0.954. The van der Waals surface area contributed by atoms with E-state index in [9.17, 15) is 0 Å². The molecule has 1 N–H and O–H groups in total. The van der Waals surface area contributed by atoms with Gasteiger partial charge in [0.1, 0.15) is 0 Å². The van der Waals surface area contributed by atoms with E-state index in [2.05, 4.69) is 70.3 Å². The molecule has 1 aromatic rings. The SMILES string of the molecule is CN=C(NCC(C)N1CCN(C)CC1)N(C)Cc1ccccc1. The van der Waals surface area contributed by atoms with Crippen LogP contribution < -0.4 is 5.32 Å². The molecule has 5 heteroatoms. The highest BCUT2D eigenvalue weighted by Crippen LogP contribution is 2.05. The zero-order valence-corrected chi connectivity index (χ0v) is 15.0. The minimum Gasteiger partial charge on any atom is -0.355 e. The third-order valence-corrected chi connectivity index (χ3v) is 4.55. The van der Waals surface area contributed by atoms with Crippen molar-refractivity contribution in [1.82, 2.24) is 20.0 Å². The molecule has 128 valence electrons. The van der Waals surface area contributed by atoms with Crippen LogP contribution >= 0.6 is 0 Å². The van der Waals surface area contributed by atoms with E-state index >= 15 is 0 Å². The Kier molecular flexibility index (Phi) is 6.86. The first-order valence-corrected chi connectivity index (χ1v) is 8.48. The van der Waals surface area contributed by atoms with Gasteiger partial charge in [0.05, 0.1) is 0 Å². The zero-order chi connectivity index (χ0) is 16.7. The highest BCUT2D eigenvalue weighted by molar-refractivity contribution is 5.79. The molecule has 2 rings (SSSR count). The van der Waals surface area contributed by atoms with Gasteiger partial charge in [-0.1, -0.05) is 30.3 Å². The van der Waals surface area contributed by atoms with E-state index < -0.39 is 0 Å². The van der Waals surface area contributed by atoms with E-state index in [0.717, 1.165) is 45.2 Å². The summed E-state index contributed by atoms with van der Waals surface area (Å²) in [7, 11) is 6.13. The van der Waals surface area contributed by atoms with Crippen LogP contribution in [0.15, 0.2) is 35.3 Å². The number of likely N-dealkylation sites (N-methyl/N-ethyl adjacent to an activating group) is 1. The maximum Gasteiger partial charge on any atom is 0.193 e. The number of rotatable bonds is 5. The second-order valence-corrected chi connectivity index (χ2v) is 6.46. The summed E-state index contributed by atoms with van der Waals surface area (Å²) in [6, 6.07) is 11.0. The summed E-state index contributed by atoms with van der Waals surface area (Å²) in [5, 5.41) is 3.52. The van der Waals surface area contributed by atoms with Crippen molar-refractivity contribution in [2.75, 3.05) is 53.9 Å². The second-order valence-electron chi connectivity index (χ2n) is 6.46. The van der Waals surface area contributed by atoms with Crippen LogP contribution in [0.5, 0.6) is 0 Å². The molecule has 0 amide bonds. The quantitative estimate of drug-likeness (QED) is 0.656. The molecule has 1 aromatic carbocycles. The van der Waals surface area contributed by atoms with Crippen molar-refractivity contribution in [3.8, 4) is 0 Å². The fraction of sp³-hybridized carbons (Fsp3) is 0.611. The number of piperazine rings is 1. The van der Waals surface area contributed by atoms with Gasteiger partial charge < -0.3 is 15.1 Å². The lowest BCUT2D eigenvalue weighted by Gasteiger charge is -2.37. The van der Waals surface area contributed by atoms with Gasteiger partial charge in [0.15, 0.2) is 5.96 Å².